The number of fused-ring (bicyclic) bond motifs is 1. The SMILES string of the molecule is COc1cc2nc(CN3CCOCC3)n(CCCOc3ccccc3)c(=O)c2cc1OC. The highest BCUT2D eigenvalue weighted by Crippen LogP contribution is 2.30. The highest BCUT2D eigenvalue weighted by atomic mass is 16.5. The summed E-state index contributed by atoms with van der Waals surface area (Å²) < 4.78 is 23.8. The quantitative estimate of drug-likeness (QED) is 0.475. The first-order valence-electron chi connectivity index (χ1n) is 10.8. The molecule has 32 heavy (non-hydrogen) atoms. The molecule has 0 aliphatic carbocycles. The third-order valence-electron chi connectivity index (χ3n) is 5.55. The van der Waals surface area contributed by atoms with Crippen LogP contribution in [0.3, 0.4) is 0 Å². The minimum atomic E-state index is -0.0843. The van der Waals surface area contributed by atoms with Crippen molar-refractivity contribution in [1.82, 2.24) is 14.5 Å². The van der Waals surface area contributed by atoms with Gasteiger partial charge in [0.05, 0.1) is 51.5 Å². The molecule has 1 aliphatic heterocycles. The Morgan fingerprint density at radius 2 is 1.75 bits per heavy atom. The topological polar surface area (TPSA) is 75.0 Å². The molecule has 4 rings (SSSR count). The molecule has 3 aromatic rings. The molecular formula is C24H29N3O5. The van der Waals surface area contributed by atoms with E-state index < -0.39 is 0 Å². The third-order valence-corrected chi connectivity index (χ3v) is 5.55. The van der Waals surface area contributed by atoms with Crippen molar-refractivity contribution in [3.8, 4) is 17.2 Å². The van der Waals surface area contributed by atoms with Crippen LogP contribution in [0.1, 0.15) is 12.2 Å². The predicted molar refractivity (Wildman–Crippen MR) is 122 cm³/mol. The maximum atomic E-state index is 13.5. The lowest BCUT2D eigenvalue weighted by Crippen LogP contribution is -2.38. The van der Waals surface area contributed by atoms with Crippen molar-refractivity contribution in [3.63, 3.8) is 0 Å². The fourth-order valence-electron chi connectivity index (χ4n) is 3.83. The van der Waals surface area contributed by atoms with Crippen LogP contribution in [0.4, 0.5) is 0 Å². The van der Waals surface area contributed by atoms with E-state index in [4.69, 9.17) is 23.9 Å². The summed E-state index contributed by atoms with van der Waals surface area (Å²) in [6, 6.07) is 13.2. The van der Waals surface area contributed by atoms with E-state index in [-0.39, 0.29) is 5.56 Å². The lowest BCUT2D eigenvalue weighted by atomic mass is 10.2. The highest BCUT2D eigenvalue weighted by Gasteiger charge is 2.18. The van der Waals surface area contributed by atoms with E-state index in [9.17, 15) is 4.79 Å². The van der Waals surface area contributed by atoms with Gasteiger partial charge in [0.1, 0.15) is 11.6 Å². The zero-order chi connectivity index (χ0) is 22.3. The number of hydrogen-bond acceptors (Lipinski definition) is 7. The molecule has 1 aromatic heterocycles. The van der Waals surface area contributed by atoms with Gasteiger partial charge in [0.25, 0.3) is 5.56 Å². The van der Waals surface area contributed by atoms with E-state index in [1.807, 2.05) is 30.3 Å². The van der Waals surface area contributed by atoms with Gasteiger partial charge in [0.2, 0.25) is 0 Å². The van der Waals surface area contributed by atoms with E-state index in [2.05, 4.69) is 4.90 Å². The Hall–Kier alpha value is -3.10. The number of aromatic nitrogens is 2. The second kappa shape index (κ2) is 10.5. The van der Waals surface area contributed by atoms with Crippen LogP contribution in [-0.4, -0.2) is 61.6 Å². The molecule has 170 valence electrons. The van der Waals surface area contributed by atoms with Crippen LogP contribution in [0, 0.1) is 0 Å². The van der Waals surface area contributed by atoms with Crippen LogP contribution in [-0.2, 0) is 17.8 Å². The average Bonchev–Trinajstić information content (AvgIpc) is 2.84. The molecule has 0 amide bonds. The van der Waals surface area contributed by atoms with Gasteiger partial charge in [-0.2, -0.15) is 0 Å². The first-order valence-corrected chi connectivity index (χ1v) is 10.8. The molecule has 0 N–H and O–H groups in total. The van der Waals surface area contributed by atoms with Crippen molar-refractivity contribution < 1.29 is 18.9 Å². The van der Waals surface area contributed by atoms with Crippen molar-refractivity contribution in [2.75, 3.05) is 47.1 Å². The average molecular weight is 440 g/mol. The van der Waals surface area contributed by atoms with Gasteiger partial charge in [-0.15, -0.1) is 0 Å². The van der Waals surface area contributed by atoms with E-state index in [1.165, 1.54) is 0 Å². The summed E-state index contributed by atoms with van der Waals surface area (Å²) >= 11 is 0. The Morgan fingerprint density at radius 1 is 1.03 bits per heavy atom. The van der Waals surface area contributed by atoms with Crippen LogP contribution in [0.2, 0.25) is 0 Å². The molecule has 0 bridgehead atoms. The number of methoxy groups -OCH3 is 2. The molecule has 0 atom stereocenters. The number of ether oxygens (including phenoxy) is 4. The van der Waals surface area contributed by atoms with E-state index in [0.717, 1.165) is 24.7 Å². The first kappa shape index (κ1) is 22.1. The van der Waals surface area contributed by atoms with Crippen molar-refractivity contribution in [1.29, 1.82) is 0 Å². The molecule has 0 unspecified atom stereocenters. The van der Waals surface area contributed by atoms with Crippen molar-refractivity contribution in [3.05, 3.63) is 58.6 Å². The van der Waals surface area contributed by atoms with Crippen LogP contribution in [0.15, 0.2) is 47.3 Å². The number of morpholine rings is 1. The van der Waals surface area contributed by atoms with Gasteiger partial charge >= 0.3 is 0 Å². The third kappa shape index (κ3) is 5.03. The van der Waals surface area contributed by atoms with E-state index in [0.29, 0.717) is 61.7 Å². The fraction of sp³-hybridized carbons (Fsp3) is 0.417. The van der Waals surface area contributed by atoms with Crippen molar-refractivity contribution >= 4 is 10.9 Å². The number of nitrogens with zero attached hydrogens (tertiary/aromatic N) is 3. The normalized spacial score (nSPS) is 14.4. The van der Waals surface area contributed by atoms with E-state index >= 15 is 0 Å². The Morgan fingerprint density at radius 3 is 2.47 bits per heavy atom. The van der Waals surface area contributed by atoms with Gasteiger partial charge in [-0.05, 0) is 24.6 Å². The van der Waals surface area contributed by atoms with Gasteiger partial charge in [0.15, 0.2) is 11.5 Å². The molecule has 1 saturated heterocycles. The zero-order valence-electron chi connectivity index (χ0n) is 18.6. The first-order chi connectivity index (χ1) is 15.7. The number of para-hydroxylation sites is 1. The van der Waals surface area contributed by atoms with Crippen LogP contribution in [0.25, 0.3) is 10.9 Å². The summed E-state index contributed by atoms with van der Waals surface area (Å²) in [4.78, 5) is 20.6. The van der Waals surface area contributed by atoms with E-state index in [1.54, 1.807) is 30.9 Å². The summed E-state index contributed by atoms with van der Waals surface area (Å²) in [5, 5.41) is 0.511. The van der Waals surface area contributed by atoms with Crippen LogP contribution in [0.5, 0.6) is 17.2 Å². The highest BCUT2D eigenvalue weighted by molar-refractivity contribution is 5.82. The molecule has 8 heteroatoms. The van der Waals surface area contributed by atoms with Gasteiger partial charge in [-0.3, -0.25) is 14.3 Å². The molecule has 8 nitrogen and oxygen atoms in total. The van der Waals surface area contributed by atoms with Crippen LogP contribution < -0.4 is 19.8 Å². The summed E-state index contributed by atoms with van der Waals surface area (Å²) in [6.07, 6.45) is 0.686. The molecule has 1 fully saturated rings. The Balaban J connectivity index is 1.62. The molecular weight excluding hydrogens is 410 g/mol. The number of rotatable bonds is 9. The molecule has 0 saturated carbocycles. The minimum absolute atomic E-state index is 0.0843. The van der Waals surface area contributed by atoms with Gasteiger partial charge < -0.3 is 18.9 Å². The standard InChI is InChI=1S/C24H29N3O5/c1-29-21-15-19-20(16-22(21)30-2)25-23(17-26-10-13-31-14-11-26)27(24(19)28)9-6-12-32-18-7-4-3-5-8-18/h3-5,7-8,15-16H,6,9-14,17H2,1-2H3. The molecule has 2 aromatic carbocycles. The smallest absolute Gasteiger partial charge is 0.261 e. The number of hydrogen-bond donors (Lipinski definition) is 0. The fourth-order valence-corrected chi connectivity index (χ4v) is 3.83. The molecule has 0 spiro atoms. The molecule has 2 heterocycles. The maximum absolute atomic E-state index is 13.5. The molecule has 0 radical (unpaired) electrons. The Labute approximate surface area is 187 Å². The second-order valence-electron chi connectivity index (χ2n) is 7.61. The van der Waals surface area contributed by atoms with Gasteiger partial charge in [0, 0.05) is 25.7 Å². The van der Waals surface area contributed by atoms with Crippen molar-refractivity contribution in [2.45, 2.75) is 19.5 Å². The summed E-state index contributed by atoms with van der Waals surface area (Å²) in [5.74, 6) is 2.62. The number of benzene rings is 2. The minimum Gasteiger partial charge on any atom is -0.494 e. The predicted octanol–water partition coefficient (Wildman–Crippen LogP) is 2.72. The summed E-state index contributed by atoms with van der Waals surface area (Å²) in [7, 11) is 3.13. The monoisotopic (exact) mass is 439 g/mol. The zero-order valence-corrected chi connectivity index (χ0v) is 18.6. The van der Waals surface area contributed by atoms with Gasteiger partial charge in [-0.25, -0.2) is 4.98 Å². The Kier molecular flexibility index (Phi) is 7.24. The summed E-state index contributed by atoms with van der Waals surface area (Å²) in [5.41, 5.74) is 0.520. The largest absolute Gasteiger partial charge is 0.494 e. The molecule has 1 aliphatic rings. The van der Waals surface area contributed by atoms with Crippen molar-refractivity contribution in [2.24, 2.45) is 0 Å². The van der Waals surface area contributed by atoms with Gasteiger partial charge in [-0.1, -0.05) is 18.2 Å². The lowest BCUT2D eigenvalue weighted by molar-refractivity contribution is 0.0324. The second-order valence-corrected chi connectivity index (χ2v) is 7.61. The lowest BCUT2D eigenvalue weighted by Gasteiger charge is -2.27. The Bertz CT molecular complexity index is 1090. The maximum Gasteiger partial charge on any atom is 0.261 e. The van der Waals surface area contributed by atoms with Crippen LogP contribution >= 0.6 is 0 Å². The summed E-state index contributed by atoms with van der Waals surface area (Å²) in [6.45, 7) is 4.62.